The normalized spacial score (nSPS) is 46.1. The van der Waals surface area contributed by atoms with Gasteiger partial charge in [-0.05, 0) is 6.42 Å². The average molecular weight is 575 g/mol. The standard InChI is InChI=1S/C22H38O17/c1-2-3-4-11(25)21(33)22(34,39-21)18(32)8(24)6-35-19-17(31)15(29)13(27)10(38-19)7-36-20-16(30)14(28)12(26)9(5-23)37-20/h8-10,12-20,23-24,26-34H,2-7H2,1H3/t8-,9-,10-,12-,13-,14+,15+,16-,17-,18-,19+,20+,21-,22+/m1/s1. The van der Waals surface area contributed by atoms with Gasteiger partial charge >= 0.3 is 0 Å². The van der Waals surface area contributed by atoms with Gasteiger partial charge in [-0.3, -0.25) is 9.53 Å². The van der Waals surface area contributed by atoms with Gasteiger partial charge in [-0.2, -0.15) is 0 Å². The van der Waals surface area contributed by atoms with E-state index in [0.717, 1.165) is 0 Å². The second kappa shape index (κ2) is 12.9. The quantitative estimate of drug-likeness (QED) is 0.0911. The zero-order valence-corrected chi connectivity index (χ0v) is 21.0. The first kappa shape index (κ1) is 32.5. The number of rotatable bonds is 13. The Morgan fingerprint density at radius 2 is 1.38 bits per heavy atom. The number of unbranched alkanes of at least 4 members (excludes halogenated alkanes) is 1. The van der Waals surface area contributed by atoms with Crippen LogP contribution >= 0.6 is 0 Å². The molecule has 0 spiro atoms. The molecule has 17 nitrogen and oxygen atoms in total. The minimum atomic E-state index is -2.82. The van der Waals surface area contributed by atoms with E-state index in [1.807, 2.05) is 0 Å². The minimum Gasteiger partial charge on any atom is -0.394 e. The van der Waals surface area contributed by atoms with E-state index in [9.17, 15) is 61.0 Å². The predicted octanol–water partition coefficient (Wildman–Crippen LogP) is -6.48. The van der Waals surface area contributed by atoms with Crippen LogP contribution in [0.4, 0.5) is 0 Å². The van der Waals surface area contributed by atoms with E-state index in [2.05, 4.69) is 4.74 Å². The highest BCUT2D eigenvalue weighted by molar-refractivity contribution is 5.89. The number of carbonyl (C=O) groups excluding carboxylic acids is 1. The van der Waals surface area contributed by atoms with Crippen LogP contribution in [-0.2, 0) is 28.5 Å². The maximum Gasteiger partial charge on any atom is 0.288 e. The number of Topliss-reactive ketones (excluding diaryl/α,β-unsaturated/α-hetero) is 1. The summed E-state index contributed by atoms with van der Waals surface area (Å²) in [5.41, 5.74) is 0. The van der Waals surface area contributed by atoms with Crippen molar-refractivity contribution in [3.8, 4) is 0 Å². The van der Waals surface area contributed by atoms with E-state index < -0.39 is 111 Å². The Balaban J connectivity index is 1.56. The number of ether oxygens (including phenoxy) is 5. The summed E-state index contributed by atoms with van der Waals surface area (Å²) >= 11 is 0. The number of epoxide rings is 1. The first-order valence-electron chi connectivity index (χ1n) is 12.5. The van der Waals surface area contributed by atoms with Gasteiger partial charge < -0.3 is 75.1 Å². The lowest BCUT2D eigenvalue weighted by molar-refractivity contribution is -0.333. The molecule has 17 heteroatoms. The molecule has 11 N–H and O–H groups in total. The van der Waals surface area contributed by atoms with E-state index in [-0.39, 0.29) is 6.42 Å². The summed E-state index contributed by atoms with van der Waals surface area (Å²) in [7, 11) is 0. The van der Waals surface area contributed by atoms with Crippen molar-refractivity contribution >= 4 is 5.78 Å². The number of hydrogen-bond donors (Lipinski definition) is 11. The number of carbonyl (C=O) groups is 1. The lowest BCUT2D eigenvalue weighted by Gasteiger charge is -2.42. The molecule has 3 rings (SSSR count). The Labute approximate surface area is 222 Å². The number of aliphatic hydroxyl groups is 11. The molecule has 3 aliphatic rings. The van der Waals surface area contributed by atoms with Crippen LogP contribution in [0.1, 0.15) is 26.2 Å². The van der Waals surface area contributed by atoms with Crippen molar-refractivity contribution in [2.75, 3.05) is 19.8 Å². The summed E-state index contributed by atoms with van der Waals surface area (Å²) in [5, 5.41) is 111. The molecule has 0 aromatic carbocycles. The van der Waals surface area contributed by atoms with Crippen molar-refractivity contribution < 1.29 is 84.7 Å². The van der Waals surface area contributed by atoms with Crippen LogP contribution in [-0.4, -0.2) is 167 Å². The van der Waals surface area contributed by atoms with Crippen LogP contribution < -0.4 is 0 Å². The van der Waals surface area contributed by atoms with Crippen LogP contribution in [0.3, 0.4) is 0 Å². The van der Waals surface area contributed by atoms with Crippen molar-refractivity contribution in [2.45, 2.75) is 111 Å². The summed E-state index contributed by atoms with van der Waals surface area (Å²) in [5.74, 6) is -6.44. The zero-order chi connectivity index (χ0) is 29.3. The number of ketones is 1. The molecule has 3 fully saturated rings. The molecule has 0 aromatic heterocycles. The lowest BCUT2D eigenvalue weighted by atomic mass is 9.97. The molecule has 0 amide bonds. The lowest BCUT2D eigenvalue weighted by Crippen LogP contribution is -2.62. The summed E-state index contributed by atoms with van der Waals surface area (Å²) in [6, 6.07) is 0. The van der Waals surface area contributed by atoms with Gasteiger partial charge in [0.2, 0.25) is 0 Å². The molecule has 39 heavy (non-hydrogen) atoms. The molecule has 3 saturated heterocycles. The fourth-order valence-electron chi connectivity index (χ4n) is 4.36. The molecule has 0 saturated carbocycles. The summed E-state index contributed by atoms with van der Waals surface area (Å²) in [6.45, 7) is -0.431. The van der Waals surface area contributed by atoms with Gasteiger partial charge in [0, 0.05) is 6.42 Å². The minimum absolute atomic E-state index is 0.149. The highest BCUT2D eigenvalue weighted by atomic mass is 16.8. The molecule has 3 heterocycles. The molecule has 0 aromatic rings. The van der Waals surface area contributed by atoms with Gasteiger partial charge in [-0.1, -0.05) is 13.3 Å². The fourth-order valence-corrected chi connectivity index (χ4v) is 4.36. The van der Waals surface area contributed by atoms with E-state index in [0.29, 0.717) is 12.8 Å². The topological polar surface area (TPSA) is 289 Å². The SMILES string of the molecule is CCCCC(=O)[C@@]1(O)O[C@@]1(O)[C@H](O)[C@H](O)CO[C@H]1O[C@H](CO[C@H]2O[C@H](CO)[C@@H](O)[C@H](O)[C@H]2O)[C@@H](O)[C@H](O)[C@H]1O. The van der Waals surface area contributed by atoms with Crippen LogP contribution in [0.15, 0.2) is 0 Å². The molecular formula is C22H38O17. The summed E-state index contributed by atoms with van der Waals surface area (Å²) in [4.78, 5) is 12.1. The smallest absolute Gasteiger partial charge is 0.288 e. The monoisotopic (exact) mass is 574 g/mol. The molecule has 0 aliphatic carbocycles. The summed E-state index contributed by atoms with van der Waals surface area (Å²) < 4.78 is 25.7. The van der Waals surface area contributed by atoms with E-state index >= 15 is 0 Å². The van der Waals surface area contributed by atoms with Crippen LogP contribution in [0.25, 0.3) is 0 Å². The third-order valence-corrected chi connectivity index (χ3v) is 7.02. The molecule has 3 aliphatic heterocycles. The average Bonchev–Trinajstić information content (AvgIpc) is 3.51. The largest absolute Gasteiger partial charge is 0.394 e. The van der Waals surface area contributed by atoms with E-state index in [4.69, 9.17) is 18.9 Å². The fraction of sp³-hybridized carbons (Fsp3) is 0.955. The van der Waals surface area contributed by atoms with Gasteiger partial charge in [0.05, 0.1) is 19.8 Å². The first-order chi connectivity index (χ1) is 18.2. The van der Waals surface area contributed by atoms with Crippen molar-refractivity contribution in [2.24, 2.45) is 0 Å². The molecule has 14 atom stereocenters. The molecule has 0 radical (unpaired) electrons. The Morgan fingerprint density at radius 1 is 0.846 bits per heavy atom. The third-order valence-electron chi connectivity index (χ3n) is 7.02. The second-order valence-electron chi connectivity index (χ2n) is 9.86. The second-order valence-corrected chi connectivity index (χ2v) is 9.86. The van der Waals surface area contributed by atoms with E-state index in [1.165, 1.54) is 0 Å². The van der Waals surface area contributed by atoms with Crippen molar-refractivity contribution in [1.82, 2.24) is 0 Å². The van der Waals surface area contributed by atoms with Crippen LogP contribution in [0, 0.1) is 0 Å². The van der Waals surface area contributed by atoms with E-state index in [1.54, 1.807) is 6.92 Å². The highest BCUT2D eigenvalue weighted by Gasteiger charge is 2.78. The molecule has 0 bridgehead atoms. The van der Waals surface area contributed by atoms with Crippen LogP contribution in [0.5, 0.6) is 0 Å². The first-order valence-corrected chi connectivity index (χ1v) is 12.5. The number of hydrogen-bond acceptors (Lipinski definition) is 17. The molecule has 0 unspecified atom stereocenters. The van der Waals surface area contributed by atoms with Gasteiger partial charge in [0.1, 0.15) is 61.0 Å². The zero-order valence-electron chi connectivity index (χ0n) is 21.0. The molecular weight excluding hydrogens is 536 g/mol. The number of aliphatic hydroxyl groups excluding tert-OH is 9. The highest BCUT2D eigenvalue weighted by Crippen LogP contribution is 2.48. The van der Waals surface area contributed by atoms with Crippen LogP contribution in [0.2, 0.25) is 0 Å². The van der Waals surface area contributed by atoms with Gasteiger partial charge in [0.15, 0.2) is 18.4 Å². The van der Waals surface area contributed by atoms with Gasteiger partial charge in [0.25, 0.3) is 11.6 Å². The van der Waals surface area contributed by atoms with Crippen molar-refractivity contribution in [1.29, 1.82) is 0 Å². The van der Waals surface area contributed by atoms with Crippen molar-refractivity contribution in [3.05, 3.63) is 0 Å². The Kier molecular flexibility index (Phi) is 10.8. The summed E-state index contributed by atoms with van der Waals surface area (Å²) in [6.07, 6.45) is -20.1. The van der Waals surface area contributed by atoms with Gasteiger partial charge in [-0.25, -0.2) is 0 Å². The Hall–Kier alpha value is -0.970. The third kappa shape index (κ3) is 6.44. The Morgan fingerprint density at radius 3 is 1.95 bits per heavy atom. The van der Waals surface area contributed by atoms with Crippen molar-refractivity contribution in [3.63, 3.8) is 0 Å². The molecule has 228 valence electrons. The Bertz CT molecular complexity index is 815. The predicted molar refractivity (Wildman–Crippen MR) is 120 cm³/mol. The maximum atomic E-state index is 12.1. The van der Waals surface area contributed by atoms with Gasteiger partial charge in [-0.15, -0.1) is 0 Å². The maximum absolute atomic E-state index is 12.1.